The Kier molecular flexibility index (Phi) is 5.77. The second-order valence-corrected chi connectivity index (χ2v) is 4.28. The van der Waals surface area contributed by atoms with Crippen molar-refractivity contribution in [1.82, 2.24) is 15.5 Å². The molecule has 1 aliphatic rings. The summed E-state index contributed by atoms with van der Waals surface area (Å²) in [5, 5.41) is 4.58. The molecule has 0 bridgehead atoms. The minimum Gasteiger partial charge on any atom is -0.352 e. The van der Waals surface area contributed by atoms with Gasteiger partial charge in [-0.15, -0.1) is 0 Å². The van der Waals surface area contributed by atoms with Crippen molar-refractivity contribution in [3.05, 3.63) is 0 Å². The van der Waals surface area contributed by atoms with Gasteiger partial charge < -0.3 is 11.1 Å². The Labute approximate surface area is 110 Å². The van der Waals surface area contributed by atoms with Crippen LogP contribution < -0.4 is 16.4 Å². The summed E-state index contributed by atoms with van der Waals surface area (Å²) in [6.45, 7) is 0.828. The van der Waals surface area contributed by atoms with E-state index in [1.807, 2.05) is 0 Å². The Morgan fingerprint density at radius 1 is 1.21 bits per heavy atom. The standard InChI is InChI=1S/C11H18N4O4/c12-10(18)13-5-3-1-2-4-6-15-9(17)7-8(16)14-11(15)19/h1-7H2,(H3,12,13,18)(H,14,16,19). The third kappa shape index (κ3) is 5.36. The molecule has 0 aromatic carbocycles. The lowest BCUT2D eigenvalue weighted by atomic mass is 10.1. The Balaban J connectivity index is 2.12. The van der Waals surface area contributed by atoms with Crippen LogP contribution in [0.4, 0.5) is 9.59 Å². The molecule has 0 aliphatic carbocycles. The van der Waals surface area contributed by atoms with Gasteiger partial charge in [0, 0.05) is 13.1 Å². The SMILES string of the molecule is NC(=O)NCCCCCCN1C(=O)CC(=O)NC1=O. The molecular weight excluding hydrogens is 252 g/mol. The molecule has 0 unspecified atom stereocenters. The lowest BCUT2D eigenvalue weighted by Crippen LogP contribution is -2.52. The molecule has 19 heavy (non-hydrogen) atoms. The third-order valence-electron chi connectivity index (χ3n) is 2.71. The van der Waals surface area contributed by atoms with Gasteiger partial charge in [0.05, 0.1) is 0 Å². The van der Waals surface area contributed by atoms with Gasteiger partial charge in [-0.3, -0.25) is 19.8 Å². The number of nitrogens with one attached hydrogen (secondary N) is 2. The number of nitrogens with zero attached hydrogens (tertiary/aromatic N) is 1. The summed E-state index contributed by atoms with van der Waals surface area (Å²) < 4.78 is 0. The number of amides is 6. The first-order chi connectivity index (χ1) is 9.00. The number of nitrogens with two attached hydrogens (primary N) is 1. The van der Waals surface area contributed by atoms with Crippen LogP contribution in [0.15, 0.2) is 0 Å². The topological polar surface area (TPSA) is 122 Å². The van der Waals surface area contributed by atoms with Crippen molar-refractivity contribution in [2.45, 2.75) is 32.1 Å². The van der Waals surface area contributed by atoms with Gasteiger partial charge in [0.2, 0.25) is 11.8 Å². The first kappa shape index (κ1) is 14.9. The van der Waals surface area contributed by atoms with Crippen molar-refractivity contribution in [1.29, 1.82) is 0 Å². The molecule has 106 valence electrons. The van der Waals surface area contributed by atoms with Crippen molar-refractivity contribution in [2.75, 3.05) is 13.1 Å². The van der Waals surface area contributed by atoms with Gasteiger partial charge in [-0.05, 0) is 12.8 Å². The molecule has 6 amide bonds. The molecule has 0 aromatic rings. The number of barbiturate groups is 1. The van der Waals surface area contributed by atoms with Crippen LogP contribution in [0.1, 0.15) is 32.1 Å². The highest BCUT2D eigenvalue weighted by Crippen LogP contribution is 2.06. The Hall–Kier alpha value is -2.12. The number of carbonyl (C=O) groups excluding carboxylic acids is 4. The lowest BCUT2D eigenvalue weighted by Gasteiger charge is -2.24. The highest BCUT2D eigenvalue weighted by atomic mass is 16.2. The largest absolute Gasteiger partial charge is 0.352 e. The summed E-state index contributed by atoms with van der Waals surface area (Å²) in [5.74, 6) is -1.01. The van der Waals surface area contributed by atoms with Crippen LogP contribution in [0.25, 0.3) is 0 Å². The molecule has 1 aliphatic heterocycles. The zero-order valence-electron chi connectivity index (χ0n) is 10.6. The van der Waals surface area contributed by atoms with E-state index < -0.39 is 23.9 Å². The second kappa shape index (κ2) is 7.34. The molecule has 4 N–H and O–H groups in total. The maximum atomic E-state index is 11.4. The van der Waals surface area contributed by atoms with E-state index in [2.05, 4.69) is 10.6 Å². The molecule has 0 atom stereocenters. The predicted octanol–water partition coefficient (Wildman–Crippen LogP) is -0.316. The monoisotopic (exact) mass is 270 g/mol. The highest BCUT2D eigenvalue weighted by Gasteiger charge is 2.29. The number of primary amides is 1. The number of carbonyl (C=O) groups is 4. The summed E-state index contributed by atoms with van der Waals surface area (Å²) in [6.07, 6.45) is 2.88. The fraction of sp³-hybridized carbons (Fsp3) is 0.636. The van der Waals surface area contributed by atoms with Crippen LogP contribution >= 0.6 is 0 Å². The zero-order chi connectivity index (χ0) is 14.3. The predicted molar refractivity (Wildman–Crippen MR) is 65.9 cm³/mol. The highest BCUT2D eigenvalue weighted by molar-refractivity contribution is 6.14. The molecule has 0 spiro atoms. The van der Waals surface area contributed by atoms with Gasteiger partial charge in [0.15, 0.2) is 0 Å². The van der Waals surface area contributed by atoms with Gasteiger partial charge >= 0.3 is 12.1 Å². The molecule has 8 heteroatoms. The van der Waals surface area contributed by atoms with Crippen LogP contribution in [-0.2, 0) is 9.59 Å². The Morgan fingerprint density at radius 2 is 1.89 bits per heavy atom. The average molecular weight is 270 g/mol. The van der Waals surface area contributed by atoms with Crippen LogP contribution in [0, 0.1) is 0 Å². The normalized spacial score (nSPS) is 15.4. The maximum Gasteiger partial charge on any atom is 0.330 e. The zero-order valence-corrected chi connectivity index (χ0v) is 10.6. The van der Waals surface area contributed by atoms with Crippen molar-refractivity contribution >= 4 is 23.9 Å². The number of imide groups is 2. The molecule has 1 rings (SSSR count). The van der Waals surface area contributed by atoms with E-state index in [-0.39, 0.29) is 6.42 Å². The van der Waals surface area contributed by atoms with E-state index in [0.717, 1.165) is 24.2 Å². The second-order valence-electron chi connectivity index (χ2n) is 4.28. The number of unbranched alkanes of at least 4 members (excludes halogenated alkanes) is 3. The molecule has 1 saturated heterocycles. The van der Waals surface area contributed by atoms with Crippen LogP contribution in [-0.4, -0.2) is 41.9 Å². The quantitative estimate of drug-likeness (QED) is 0.433. The Bertz CT molecular complexity index is 363. The van der Waals surface area contributed by atoms with Crippen LogP contribution in [0.5, 0.6) is 0 Å². The lowest BCUT2D eigenvalue weighted by molar-refractivity contribution is -0.136. The van der Waals surface area contributed by atoms with Gasteiger partial charge in [-0.2, -0.15) is 0 Å². The van der Waals surface area contributed by atoms with Crippen LogP contribution in [0.2, 0.25) is 0 Å². The molecule has 1 heterocycles. The third-order valence-corrected chi connectivity index (χ3v) is 2.71. The van der Waals surface area contributed by atoms with Crippen molar-refractivity contribution in [2.24, 2.45) is 5.73 Å². The van der Waals surface area contributed by atoms with E-state index in [1.54, 1.807) is 0 Å². The van der Waals surface area contributed by atoms with E-state index in [0.29, 0.717) is 19.5 Å². The number of urea groups is 2. The van der Waals surface area contributed by atoms with Crippen molar-refractivity contribution in [3.8, 4) is 0 Å². The minimum atomic E-state index is -0.642. The van der Waals surface area contributed by atoms with E-state index >= 15 is 0 Å². The summed E-state index contributed by atoms with van der Waals surface area (Å²) >= 11 is 0. The fourth-order valence-corrected chi connectivity index (χ4v) is 1.76. The summed E-state index contributed by atoms with van der Waals surface area (Å²) in [7, 11) is 0. The van der Waals surface area contributed by atoms with Gasteiger partial charge in [-0.1, -0.05) is 12.8 Å². The molecule has 0 radical (unpaired) electrons. The molecule has 1 fully saturated rings. The van der Waals surface area contributed by atoms with Gasteiger partial charge in [-0.25, -0.2) is 9.59 Å². The number of rotatable bonds is 7. The minimum absolute atomic E-state index is 0.270. The van der Waals surface area contributed by atoms with Gasteiger partial charge in [0.1, 0.15) is 6.42 Å². The van der Waals surface area contributed by atoms with Gasteiger partial charge in [0.25, 0.3) is 0 Å². The number of hydrogen-bond acceptors (Lipinski definition) is 4. The maximum absolute atomic E-state index is 11.4. The molecule has 0 aromatic heterocycles. The fourth-order valence-electron chi connectivity index (χ4n) is 1.76. The smallest absolute Gasteiger partial charge is 0.330 e. The van der Waals surface area contributed by atoms with Crippen molar-refractivity contribution < 1.29 is 19.2 Å². The van der Waals surface area contributed by atoms with E-state index in [9.17, 15) is 19.2 Å². The molecular formula is C11H18N4O4. The summed E-state index contributed by atoms with van der Waals surface area (Å²) in [4.78, 5) is 45.2. The Morgan fingerprint density at radius 3 is 2.53 bits per heavy atom. The van der Waals surface area contributed by atoms with E-state index in [1.165, 1.54) is 0 Å². The first-order valence-electron chi connectivity index (χ1n) is 6.18. The summed E-state index contributed by atoms with van der Waals surface area (Å²) in [5.41, 5.74) is 4.91. The van der Waals surface area contributed by atoms with Crippen LogP contribution in [0.3, 0.4) is 0 Å². The number of hydrogen-bond donors (Lipinski definition) is 3. The van der Waals surface area contributed by atoms with Crippen molar-refractivity contribution in [3.63, 3.8) is 0 Å². The first-order valence-corrected chi connectivity index (χ1v) is 6.18. The van der Waals surface area contributed by atoms with E-state index in [4.69, 9.17) is 5.73 Å². The molecule has 8 nitrogen and oxygen atoms in total. The molecule has 0 saturated carbocycles. The summed E-state index contributed by atoms with van der Waals surface area (Å²) in [6, 6.07) is -1.18. The average Bonchev–Trinajstić information content (AvgIpc) is 2.30.